The fourth-order valence-electron chi connectivity index (χ4n) is 10.8. The molecule has 9 nitrogen and oxygen atoms in total. The van der Waals surface area contributed by atoms with Crippen molar-refractivity contribution in [3.05, 3.63) is 12.2 Å². The molecule has 0 bridgehead atoms. The molecule has 0 aliphatic heterocycles. The molecule has 0 spiro atoms. The monoisotopic (exact) mass is 1130 g/mol. The van der Waals surface area contributed by atoms with Gasteiger partial charge in [0.2, 0.25) is 0 Å². The third-order valence-corrected chi connectivity index (χ3v) is 16.3. The lowest BCUT2D eigenvalue weighted by molar-refractivity contribution is -0.870. The molecule has 0 aliphatic carbocycles. The molecule has 0 aromatic rings. The molecule has 0 aromatic carbocycles. The summed E-state index contributed by atoms with van der Waals surface area (Å²) >= 11 is 0. The normalized spacial score (nSPS) is 12.7. The number of carbonyl (C=O) groups excluding carboxylic acids is 2. The zero-order valence-corrected chi connectivity index (χ0v) is 54.3. The predicted molar refractivity (Wildman–Crippen MR) is 341 cm³/mol. The first-order valence-corrected chi connectivity index (χ1v) is 35.4. The maximum Gasteiger partial charge on any atom is 0.361 e. The highest BCUT2D eigenvalue weighted by Gasteiger charge is 2.25. The van der Waals surface area contributed by atoms with Gasteiger partial charge in [-0.1, -0.05) is 328 Å². The van der Waals surface area contributed by atoms with Crippen molar-refractivity contribution in [2.24, 2.45) is 0 Å². The Balaban J connectivity index is 4.05. The highest BCUT2D eigenvalue weighted by atomic mass is 16.7. The van der Waals surface area contributed by atoms with Gasteiger partial charge in [0.05, 0.1) is 34.4 Å². The van der Waals surface area contributed by atoms with Gasteiger partial charge in [0.1, 0.15) is 13.2 Å². The van der Waals surface area contributed by atoms with E-state index in [-0.39, 0.29) is 38.2 Å². The fraction of sp³-hybridized carbons (Fsp3) is 0.930. The quantitative estimate of drug-likeness (QED) is 0.0211. The minimum absolute atomic E-state index is 0.173. The molecule has 0 rings (SSSR count). The van der Waals surface area contributed by atoms with Crippen LogP contribution in [-0.2, 0) is 33.3 Å². The first-order chi connectivity index (χ1) is 39.1. The molecule has 0 saturated carbocycles. The number of carboxylic acids is 1. The van der Waals surface area contributed by atoms with Crippen LogP contribution in [-0.4, -0.2) is 87.4 Å². The number of aliphatic carboxylic acids is 1. The number of hydrogen-bond acceptors (Lipinski definition) is 7. The molecule has 0 radical (unpaired) electrons. The van der Waals surface area contributed by atoms with Gasteiger partial charge in [0.25, 0.3) is 6.29 Å². The van der Waals surface area contributed by atoms with E-state index < -0.39 is 18.4 Å². The summed E-state index contributed by atoms with van der Waals surface area (Å²) < 4.78 is 23.0. The number of unbranched alkanes of at least 4 members (excludes halogenated alkanes) is 50. The van der Waals surface area contributed by atoms with Crippen LogP contribution in [0.1, 0.15) is 367 Å². The first-order valence-electron chi connectivity index (χ1n) is 35.4. The smallest absolute Gasteiger partial charge is 0.361 e. The molecule has 0 saturated heterocycles. The van der Waals surface area contributed by atoms with E-state index in [1.807, 2.05) is 21.1 Å². The van der Waals surface area contributed by atoms with Crippen LogP contribution in [0.4, 0.5) is 0 Å². The molecule has 0 heterocycles. The summed E-state index contributed by atoms with van der Waals surface area (Å²) in [5.41, 5.74) is 0. The van der Waals surface area contributed by atoms with Crippen LogP contribution in [0.15, 0.2) is 12.2 Å². The second kappa shape index (κ2) is 63.1. The van der Waals surface area contributed by atoms with Crippen molar-refractivity contribution in [1.29, 1.82) is 0 Å². The van der Waals surface area contributed by atoms with E-state index in [0.717, 1.165) is 38.5 Å². The van der Waals surface area contributed by atoms with E-state index in [4.69, 9.17) is 18.9 Å². The molecular formula is C71H138NO8+. The third kappa shape index (κ3) is 63.6. The van der Waals surface area contributed by atoms with E-state index in [9.17, 15) is 19.5 Å². The lowest BCUT2D eigenvalue weighted by Crippen LogP contribution is -2.40. The van der Waals surface area contributed by atoms with Crippen molar-refractivity contribution < 1.29 is 42.9 Å². The van der Waals surface area contributed by atoms with Crippen LogP contribution >= 0.6 is 0 Å². The van der Waals surface area contributed by atoms with Gasteiger partial charge in [-0.15, -0.1) is 0 Å². The van der Waals surface area contributed by atoms with Crippen LogP contribution in [0.3, 0.4) is 0 Å². The molecule has 0 aliphatic rings. The zero-order chi connectivity index (χ0) is 58.3. The maximum atomic E-state index is 12.9. The van der Waals surface area contributed by atoms with Gasteiger partial charge < -0.3 is 28.5 Å². The van der Waals surface area contributed by atoms with Gasteiger partial charge in [-0.3, -0.25) is 9.59 Å². The number of carboxylic acid groups (broad SMARTS) is 1. The van der Waals surface area contributed by atoms with Gasteiger partial charge in [-0.2, -0.15) is 0 Å². The van der Waals surface area contributed by atoms with E-state index in [1.54, 1.807) is 0 Å². The highest BCUT2D eigenvalue weighted by Crippen LogP contribution is 2.19. The standard InChI is InChI=1S/C71H137NO8/c1-6-8-10-12-14-16-18-20-22-24-26-28-30-32-34-35-36-38-40-42-44-46-48-50-52-54-56-58-60-62-69(74)80-67(66-79-71(70(75)76)77-64-63-72(3,4)5)65-78-68(73)61-59-57-55-53-51-49-47-45-43-41-39-37-33-31-29-27-25-23-21-19-17-15-13-11-9-7-2/h24,26,67,71H,6-23,25,27-66H2,1-5H3/p+1/b26-24-. The van der Waals surface area contributed by atoms with Crippen LogP contribution in [0.2, 0.25) is 0 Å². The lowest BCUT2D eigenvalue weighted by atomic mass is 10.0. The van der Waals surface area contributed by atoms with Crippen molar-refractivity contribution in [2.75, 3.05) is 47.5 Å². The lowest BCUT2D eigenvalue weighted by Gasteiger charge is -2.25. The third-order valence-electron chi connectivity index (χ3n) is 16.3. The minimum Gasteiger partial charge on any atom is -0.477 e. The number of likely N-dealkylation sites (N-methyl/N-ethyl adjacent to an activating group) is 1. The maximum absolute atomic E-state index is 12.9. The number of nitrogens with zero attached hydrogens (tertiary/aromatic N) is 1. The van der Waals surface area contributed by atoms with Gasteiger partial charge in [-0.05, 0) is 38.5 Å². The summed E-state index contributed by atoms with van der Waals surface area (Å²) in [6, 6.07) is 0. The van der Waals surface area contributed by atoms with Crippen LogP contribution in [0.25, 0.3) is 0 Å². The Morgan fingerprint density at radius 3 is 0.925 bits per heavy atom. The molecular weight excluding hydrogens is 995 g/mol. The second-order valence-corrected chi connectivity index (χ2v) is 25.6. The van der Waals surface area contributed by atoms with Crippen molar-refractivity contribution in [3.8, 4) is 0 Å². The first kappa shape index (κ1) is 78.0. The van der Waals surface area contributed by atoms with Gasteiger partial charge in [-0.25, -0.2) is 4.79 Å². The minimum atomic E-state index is -1.51. The van der Waals surface area contributed by atoms with Gasteiger partial charge in [0, 0.05) is 12.8 Å². The summed E-state index contributed by atoms with van der Waals surface area (Å²) in [7, 11) is 5.99. The second-order valence-electron chi connectivity index (χ2n) is 25.6. The molecule has 0 amide bonds. The molecule has 9 heteroatoms. The van der Waals surface area contributed by atoms with E-state index in [0.29, 0.717) is 17.4 Å². The number of allylic oxidation sites excluding steroid dienone is 2. The summed E-state index contributed by atoms with van der Waals surface area (Å²) in [6.07, 6.45) is 73.3. The topological polar surface area (TPSA) is 108 Å². The molecule has 474 valence electrons. The molecule has 80 heavy (non-hydrogen) atoms. The van der Waals surface area contributed by atoms with Crippen LogP contribution in [0.5, 0.6) is 0 Å². The van der Waals surface area contributed by atoms with Crippen LogP contribution in [0, 0.1) is 0 Å². The number of rotatable bonds is 67. The van der Waals surface area contributed by atoms with Gasteiger partial charge >= 0.3 is 17.9 Å². The summed E-state index contributed by atoms with van der Waals surface area (Å²) in [5.74, 6) is -1.97. The fourth-order valence-corrected chi connectivity index (χ4v) is 10.8. The molecule has 1 N–H and O–H groups in total. The number of quaternary nitrogens is 1. The number of hydrogen-bond donors (Lipinski definition) is 1. The Hall–Kier alpha value is -1.97. The number of ether oxygens (including phenoxy) is 4. The van der Waals surface area contributed by atoms with E-state index in [1.165, 1.54) is 302 Å². The Kier molecular flexibility index (Phi) is 61.5. The predicted octanol–water partition coefficient (Wildman–Crippen LogP) is 21.6. The van der Waals surface area contributed by atoms with Crippen LogP contribution < -0.4 is 0 Å². The van der Waals surface area contributed by atoms with Crippen molar-refractivity contribution >= 4 is 17.9 Å². The number of carbonyl (C=O) groups is 3. The molecule has 0 fully saturated rings. The summed E-state index contributed by atoms with van der Waals surface area (Å²) in [6.45, 7) is 4.96. The SMILES string of the molecule is CCCCCCCCCC/C=C\CCCCCCCCCCCCCCCCCCCC(=O)OC(COC(=O)CCCCCCCCCCCCCCCCCCCCCCCCCCCC)COC(OCC[N+](C)(C)C)C(=O)O. The largest absolute Gasteiger partial charge is 0.477 e. The number of esters is 2. The van der Waals surface area contributed by atoms with Crippen molar-refractivity contribution in [3.63, 3.8) is 0 Å². The zero-order valence-electron chi connectivity index (χ0n) is 54.3. The molecule has 0 aromatic heterocycles. The summed E-state index contributed by atoms with van der Waals surface area (Å²) in [5, 5.41) is 9.74. The van der Waals surface area contributed by atoms with E-state index in [2.05, 4.69) is 26.0 Å². The molecule has 2 unspecified atom stereocenters. The van der Waals surface area contributed by atoms with Crippen molar-refractivity contribution in [1.82, 2.24) is 0 Å². The Morgan fingerprint density at radius 2 is 0.637 bits per heavy atom. The molecule has 2 atom stereocenters. The van der Waals surface area contributed by atoms with E-state index >= 15 is 0 Å². The Morgan fingerprint density at radius 1 is 0.362 bits per heavy atom. The highest BCUT2D eigenvalue weighted by molar-refractivity contribution is 5.71. The summed E-state index contributed by atoms with van der Waals surface area (Å²) in [4.78, 5) is 37.6. The Labute approximate surface area is 497 Å². The average molecular weight is 1130 g/mol. The van der Waals surface area contributed by atoms with Crippen molar-refractivity contribution in [2.45, 2.75) is 379 Å². The average Bonchev–Trinajstić information content (AvgIpc) is 3.43. The van der Waals surface area contributed by atoms with Gasteiger partial charge in [0.15, 0.2) is 6.10 Å². The Bertz CT molecular complexity index is 1320.